The van der Waals surface area contributed by atoms with Gasteiger partial charge in [0.25, 0.3) is 0 Å². The molecule has 0 atom stereocenters. The smallest absolute Gasteiger partial charge is 0.223 e. The SMILES string of the molecule is CN(CCC(=O)N(C)C)CC1CCNCC1. The van der Waals surface area contributed by atoms with Crippen LogP contribution in [-0.4, -0.2) is 63.0 Å². The molecular formula is C12H25N3O. The van der Waals surface area contributed by atoms with E-state index in [9.17, 15) is 4.79 Å². The number of hydrogen-bond acceptors (Lipinski definition) is 3. The van der Waals surface area contributed by atoms with Crippen LogP contribution in [0, 0.1) is 5.92 Å². The molecule has 0 bridgehead atoms. The van der Waals surface area contributed by atoms with Crippen molar-refractivity contribution in [2.75, 3.05) is 47.3 Å². The first-order valence-corrected chi connectivity index (χ1v) is 6.19. The lowest BCUT2D eigenvalue weighted by Gasteiger charge is -2.27. The van der Waals surface area contributed by atoms with Gasteiger partial charge >= 0.3 is 0 Å². The van der Waals surface area contributed by atoms with Crippen LogP contribution in [0.5, 0.6) is 0 Å². The zero-order valence-corrected chi connectivity index (χ0v) is 10.8. The van der Waals surface area contributed by atoms with Crippen molar-refractivity contribution < 1.29 is 4.79 Å². The van der Waals surface area contributed by atoms with Crippen LogP contribution in [0.25, 0.3) is 0 Å². The fourth-order valence-electron chi connectivity index (χ4n) is 2.11. The van der Waals surface area contributed by atoms with Crippen molar-refractivity contribution in [1.29, 1.82) is 0 Å². The van der Waals surface area contributed by atoms with E-state index in [0.29, 0.717) is 6.42 Å². The standard InChI is InChI=1S/C12H25N3O/c1-14(2)12(16)6-9-15(3)10-11-4-7-13-8-5-11/h11,13H,4-10H2,1-3H3. The van der Waals surface area contributed by atoms with Gasteiger partial charge in [0.05, 0.1) is 0 Å². The lowest BCUT2D eigenvalue weighted by molar-refractivity contribution is -0.129. The summed E-state index contributed by atoms with van der Waals surface area (Å²) in [6, 6.07) is 0. The molecule has 0 aromatic carbocycles. The van der Waals surface area contributed by atoms with E-state index in [0.717, 1.165) is 32.1 Å². The number of piperidine rings is 1. The van der Waals surface area contributed by atoms with E-state index in [1.807, 2.05) is 14.1 Å². The monoisotopic (exact) mass is 227 g/mol. The molecule has 1 aliphatic heterocycles. The molecule has 4 nitrogen and oxygen atoms in total. The molecule has 4 heteroatoms. The molecule has 1 amide bonds. The minimum absolute atomic E-state index is 0.220. The van der Waals surface area contributed by atoms with Crippen molar-refractivity contribution in [3.63, 3.8) is 0 Å². The largest absolute Gasteiger partial charge is 0.349 e. The molecule has 16 heavy (non-hydrogen) atoms. The van der Waals surface area contributed by atoms with E-state index in [4.69, 9.17) is 0 Å². The Labute approximate surface area is 99.0 Å². The molecular weight excluding hydrogens is 202 g/mol. The molecule has 0 saturated carbocycles. The molecule has 1 heterocycles. The molecule has 0 aromatic rings. The minimum Gasteiger partial charge on any atom is -0.349 e. The third-order valence-electron chi connectivity index (χ3n) is 3.23. The van der Waals surface area contributed by atoms with Crippen LogP contribution >= 0.6 is 0 Å². The summed E-state index contributed by atoms with van der Waals surface area (Å²) in [5, 5.41) is 3.37. The number of amides is 1. The Morgan fingerprint density at radius 2 is 1.88 bits per heavy atom. The Morgan fingerprint density at radius 1 is 1.25 bits per heavy atom. The maximum Gasteiger partial charge on any atom is 0.223 e. The van der Waals surface area contributed by atoms with Crippen molar-refractivity contribution in [1.82, 2.24) is 15.1 Å². The van der Waals surface area contributed by atoms with Crippen LogP contribution in [0.4, 0.5) is 0 Å². The third kappa shape index (κ3) is 4.94. The quantitative estimate of drug-likeness (QED) is 0.738. The maximum absolute atomic E-state index is 11.4. The minimum atomic E-state index is 0.220. The van der Waals surface area contributed by atoms with E-state index in [1.165, 1.54) is 12.8 Å². The summed E-state index contributed by atoms with van der Waals surface area (Å²) < 4.78 is 0. The Balaban J connectivity index is 2.14. The van der Waals surface area contributed by atoms with Crippen LogP contribution in [0.15, 0.2) is 0 Å². The Kier molecular flexibility index (Phi) is 5.77. The van der Waals surface area contributed by atoms with Crippen molar-refractivity contribution in [3.05, 3.63) is 0 Å². The summed E-state index contributed by atoms with van der Waals surface area (Å²) >= 11 is 0. The molecule has 1 aliphatic rings. The van der Waals surface area contributed by atoms with Gasteiger partial charge in [-0.3, -0.25) is 4.79 Å². The predicted molar refractivity (Wildman–Crippen MR) is 66.4 cm³/mol. The van der Waals surface area contributed by atoms with E-state index in [-0.39, 0.29) is 5.91 Å². The zero-order chi connectivity index (χ0) is 12.0. The molecule has 0 unspecified atom stereocenters. The van der Waals surface area contributed by atoms with Gasteiger partial charge in [0.1, 0.15) is 0 Å². The summed E-state index contributed by atoms with van der Waals surface area (Å²) in [6.07, 6.45) is 3.17. The normalized spacial score (nSPS) is 17.8. The maximum atomic E-state index is 11.4. The first kappa shape index (κ1) is 13.5. The lowest BCUT2D eigenvalue weighted by atomic mass is 9.98. The number of carbonyl (C=O) groups is 1. The van der Waals surface area contributed by atoms with Crippen LogP contribution in [0.2, 0.25) is 0 Å². The Hall–Kier alpha value is -0.610. The second kappa shape index (κ2) is 6.86. The van der Waals surface area contributed by atoms with Crippen molar-refractivity contribution in [3.8, 4) is 0 Å². The Bertz CT molecular complexity index is 212. The van der Waals surface area contributed by atoms with Crippen LogP contribution in [0.3, 0.4) is 0 Å². The molecule has 0 aromatic heterocycles. The lowest BCUT2D eigenvalue weighted by Crippen LogP contribution is -2.36. The summed E-state index contributed by atoms with van der Waals surface area (Å²) in [5.74, 6) is 1.03. The van der Waals surface area contributed by atoms with Crippen LogP contribution < -0.4 is 5.32 Å². The third-order valence-corrected chi connectivity index (χ3v) is 3.23. The van der Waals surface area contributed by atoms with Crippen molar-refractivity contribution in [2.24, 2.45) is 5.92 Å². The summed E-state index contributed by atoms with van der Waals surface area (Å²) in [5.41, 5.74) is 0. The molecule has 1 rings (SSSR count). The van der Waals surface area contributed by atoms with Gasteiger partial charge in [-0.25, -0.2) is 0 Å². The van der Waals surface area contributed by atoms with E-state index in [2.05, 4.69) is 17.3 Å². The van der Waals surface area contributed by atoms with Crippen LogP contribution in [-0.2, 0) is 4.79 Å². The highest BCUT2D eigenvalue weighted by Gasteiger charge is 2.15. The summed E-state index contributed by atoms with van der Waals surface area (Å²) in [7, 11) is 5.75. The first-order valence-electron chi connectivity index (χ1n) is 6.19. The number of nitrogens with zero attached hydrogens (tertiary/aromatic N) is 2. The second-order valence-electron chi connectivity index (χ2n) is 4.99. The van der Waals surface area contributed by atoms with Gasteiger partial charge in [-0.2, -0.15) is 0 Å². The van der Waals surface area contributed by atoms with E-state index < -0.39 is 0 Å². The number of rotatable bonds is 5. The summed E-state index contributed by atoms with van der Waals surface area (Å²) in [4.78, 5) is 15.4. The molecule has 1 saturated heterocycles. The number of carbonyl (C=O) groups excluding carboxylic acids is 1. The predicted octanol–water partition coefficient (Wildman–Crippen LogP) is 0.396. The van der Waals surface area contributed by atoms with Gasteiger partial charge in [-0.05, 0) is 38.9 Å². The highest BCUT2D eigenvalue weighted by atomic mass is 16.2. The number of hydrogen-bond donors (Lipinski definition) is 1. The first-order chi connectivity index (χ1) is 7.59. The van der Waals surface area contributed by atoms with Crippen molar-refractivity contribution in [2.45, 2.75) is 19.3 Å². The molecule has 94 valence electrons. The van der Waals surface area contributed by atoms with Gasteiger partial charge in [-0.1, -0.05) is 0 Å². The molecule has 0 spiro atoms. The topological polar surface area (TPSA) is 35.6 Å². The van der Waals surface area contributed by atoms with E-state index in [1.54, 1.807) is 4.90 Å². The van der Waals surface area contributed by atoms with Gasteiger partial charge in [-0.15, -0.1) is 0 Å². The molecule has 0 radical (unpaired) electrons. The highest BCUT2D eigenvalue weighted by Crippen LogP contribution is 2.12. The average Bonchev–Trinajstić information content (AvgIpc) is 2.27. The Morgan fingerprint density at radius 3 is 2.44 bits per heavy atom. The average molecular weight is 227 g/mol. The molecule has 0 aliphatic carbocycles. The van der Waals surface area contributed by atoms with Gasteiger partial charge in [0, 0.05) is 33.6 Å². The molecule has 1 N–H and O–H groups in total. The van der Waals surface area contributed by atoms with E-state index >= 15 is 0 Å². The van der Waals surface area contributed by atoms with Gasteiger partial charge in [0.2, 0.25) is 5.91 Å². The number of nitrogens with one attached hydrogen (secondary N) is 1. The summed E-state index contributed by atoms with van der Waals surface area (Å²) in [6.45, 7) is 4.30. The van der Waals surface area contributed by atoms with Gasteiger partial charge in [0.15, 0.2) is 0 Å². The fourth-order valence-corrected chi connectivity index (χ4v) is 2.11. The highest BCUT2D eigenvalue weighted by molar-refractivity contribution is 5.75. The van der Waals surface area contributed by atoms with Crippen molar-refractivity contribution >= 4 is 5.91 Å². The zero-order valence-electron chi connectivity index (χ0n) is 10.8. The van der Waals surface area contributed by atoms with Crippen LogP contribution in [0.1, 0.15) is 19.3 Å². The fraction of sp³-hybridized carbons (Fsp3) is 0.917. The molecule has 1 fully saturated rings. The second-order valence-corrected chi connectivity index (χ2v) is 4.99. The van der Waals surface area contributed by atoms with Gasteiger partial charge < -0.3 is 15.1 Å².